The van der Waals surface area contributed by atoms with Crippen molar-refractivity contribution in [1.29, 1.82) is 0 Å². The number of rotatable bonds is 2. The molecule has 7 nitrogen and oxygen atoms in total. The van der Waals surface area contributed by atoms with E-state index >= 15 is 0 Å². The summed E-state index contributed by atoms with van der Waals surface area (Å²) in [6, 6.07) is 1.35. The first-order valence-corrected chi connectivity index (χ1v) is 5.35. The molecule has 17 heavy (non-hydrogen) atoms. The van der Waals surface area contributed by atoms with Gasteiger partial charge in [-0.3, -0.25) is 10.1 Å². The van der Waals surface area contributed by atoms with Crippen molar-refractivity contribution in [2.45, 2.75) is 0 Å². The number of nitro groups is 1. The molecule has 0 radical (unpaired) electrons. The lowest BCUT2D eigenvalue weighted by Gasteiger charge is -2.33. The topological polar surface area (TPSA) is 82.7 Å². The van der Waals surface area contributed by atoms with Gasteiger partial charge in [0.2, 0.25) is 0 Å². The molecule has 0 aliphatic carbocycles. The zero-order valence-electron chi connectivity index (χ0n) is 9.54. The van der Waals surface area contributed by atoms with Gasteiger partial charge in [-0.05, 0) is 7.05 Å². The predicted molar refractivity (Wildman–Crippen MR) is 62.3 cm³/mol. The van der Waals surface area contributed by atoms with E-state index < -0.39 is 4.92 Å². The summed E-state index contributed by atoms with van der Waals surface area (Å²) in [6.45, 7) is 3.44. The molecular weight excluding hydrogens is 224 g/mol. The van der Waals surface area contributed by atoms with Gasteiger partial charge < -0.3 is 14.9 Å². The van der Waals surface area contributed by atoms with Gasteiger partial charge >= 0.3 is 5.69 Å². The summed E-state index contributed by atoms with van der Waals surface area (Å²) < 4.78 is 0. The van der Waals surface area contributed by atoms with Crippen molar-refractivity contribution in [3.05, 3.63) is 22.4 Å². The number of hydrogen-bond acceptors (Lipinski definition) is 6. The van der Waals surface area contributed by atoms with E-state index in [1.807, 2.05) is 11.9 Å². The quantitative estimate of drug-likeness (QED) is 0.595. The molecular formula is C10H14N4O3. The molecule has 0 spiro atoms. The molecule has 0 unspecified atom stereocenters. The molecule has 1 N–H and O–H groups in total. The molecule has 0 saturated carbocycles. The van der Waals surface area contributed by atoms with Crippen molar-refractivity contribution < 1.29 is 10.0 Å². The molecule has 1 aliphatic rings. The largest absolute Gasteiger partial charge is 0.502 e. The second-order valence-corrected chi connectivity index (χ2v) is 4.08. The van der Waals surface area contributed by atoms with Gasteiger partial charge in [-0.15, -0.1) is 0 Å². The molecule has 1 fully saturated rings. The first-order valence-electron chi connectivity index (χ1n) is 5.35. The van der Waals surface area contributed by atoms with Crippen molar-refractivity contribution in [3.63, 3.8) is 0 Å². The summed E-state index contributed by atoms with van der Waals surface area (Å²) in [6.07, 6.45) is 1.10. The third-order valence-electron chi connectivity index (χ3n) is 2.87. The Morgan fingerprint density at radius 1 is 1.41 bits per heavy atom. The standard InChI is InChI=1S/C10H14N4O3/c1-12-2-4-13(5-3-12)10-6-9(15)8(7-11-10)14(16)17/h6-7H,2-5H2,1H3,(H,11,15). The van der Waals surface area contributed by atoms with Gasteiger partial charge in [0.05, 0.1) is 4.92 Å². The third-order valence-corrected chi connectivity index (χ3v) is 2.87. The van der Waals surface area contributed by atoms with Crippen LogP contribution in [0.2, 0.25) is 0 Å². The molecule has 1 aromatic heterocycles. The van der Waals surface area contributed by atoms with Crippen LogP contribution in [0, 0.1) is 10.1 Å². The SMILES string of the molecule is CN1CCN(c2cc(O)c([N+](=O)[O-])cn2)CC1. The lowest BCUT2D eigenvalue weighted by atomic mass is 10.3. The maximum atomic E-state index is 10.5. The zero-order chi connectivity index (χ0) is 12.4. The number of hydrogen-bond donors (Lipinski definition) is 1. The fraction of sp³-hybridized carbons (Fsp3) is 0.500. The van der Waals surface area contributed by atoms with Crippen molar-refractivity contribution in [2.75, 3.05) is 38.1 Å². The van der Waals surface area contributed by atoms with Gasteiger partial charge in [-0.2, -0.15) is 0 Å². The highest BCUT2D eigenvalue weighted by molar-refractivity contribution is 5.53. The molecule has 0 atom stereocenters. The van der Waals surface area contributed by atoms with Gasteiger partial charge in [0.15, 0.2) is 5.75 Å². The van der Waals surface area contributed by atoms with Gasteiger partial charge in [0.25, 0.3) is 0 Å². The minimum Gasteiger partial charge on any atom is -0.502 e. The van der Waals surface area contributed by atoms with E-state index in [4.69, 9.17) is 0 Å². The van der Waals surface area contributed by atoms with Crippen LogP contribution in [0.4, 0.5) is 11.5 Å². The molecule has 2 rings (SSSR count). The van der Waals surface area contributed by atoms with Crippen LogP contribution >= 0.6 is 0 Å². The predicted octanol–water partition coefficient (Wildman–Crippen LogP) is 0.447. The third kappa shape index (κ3) is 2.44. The Morgan fingerprint density at radius 3 is 2.59 bits per heavy atom. The van der Waals surface area contributed by atoms with E-state index in [1.165, 1.54) is 6.07 Å². The van der Waals surface area contributed by atoms with Crippen molar-refractivity contribution in [3.8, 4) is 5.75 Å². The molecule has 2 heterocycles. The van der Waals surface area contributed by atoms with Gasteiger partial charge in [-0.25, -0.2) is 4.98 Å². The fourth-order valence-electron chi connectivity index (χ4n) is 1.78. The average Bonchev–Trinajstić information content (AvgIpc) is 2.29. The first kappa shape index (κ1) is 11.6. The highest BCUT2D eigenvalue weighted by atomic mass is 16.6. The van der Waals surface area contributed by atoms with E-state index in [0.29, 0.717) is 5.82 Å². The Morgan fingerprint density at radius 2 is 2.06 bits per heavy atom. The molecule has 0 bridgehead atoms. The molecule has 7 heteroatoms. The second kappa shape index (κ2) is 4.54. The second-order valence-electron chi connectivity index (χ2n) is 4.08. The first-order chi connectivity index (χ1) is 8.08. The molecule has 1 aliphatic heterocycles. The summed E-state index contributed by atoms with van der Waals surface area (Å²) in [5, 5.41) is 20.1. The number of piperazine rings is 1. The number of anilines is 1. The van der Waals surface area contributed by atoms with Crippen molar-refractivity contribution in [2.24, 2.45) is 0 Å². The Kier molecular flexibility index (Phi) is 3.10. The van der Waals surface area contributed by atoms with Crippen LogP contribution in [-0.2, 0) is 0 Å². The number of nitrogens with zero attached hydrogens (tertiary/aromatic N) is 4. The Labute approximate surface area is 98.4 Å². The summed E-state index contributed by atoms with van der Waals surface area (Å²) in [5.74, 6) is 0.250. The van der Waals surface area contributed by atoms with Crippen LogP contribution < -0.4 is 4.90 Å². The number of likely N-dealkylation sites (N-methyl/N-ethyl adjacent to an activating group) is 1. The Balaban J connectivity index is 2.17. The molecule has 0 aromatic carbocycles. The summed E-state index contributed by atoms with van der Waals surface area (Å²) >= 11 is 0. The number of aromatic hydroxyl groups is 1. The number of aromatic nitrogens is 1. The van der Waals surface area contributed by atoms with Gasteiger partial charge in [0.1, 0.15) is 12.0 Å². The van der Waals surface area contributed by atoms with E-state index in [1.54, 1.807) is 0 Å². The van der Waals surface area contributed by atoms with Gasteiger partial charge in [-0.1, -0.05) is 0 Å². The van der Waals surface area contributed by atoms with Gasteiger partial charge in [0, 0.05) is 32.2 Å². The molecule has 1 saturated heterocycles. The molecule has 92 valence electrons. The Hall–Kier alpha value is -1.89. The van der Waals surface area contributed by atoms with E-state index in [9.17, 15) is 15.2 Å². The minimum absolute atomic E-state index is 0.334. The van der Waals surface area contributed by atoms with E-state index in [-0.39, 0.29) is 11.4 Å². The summed E-state index contributed by atoms with van der Waals surface area (Å²) in [5.41, 5.74) is -0.358. The highest BCUT2D eigenvalue weighted by Crippen LogP contribution is 2.28. The smallest absolute Gasteiger partial charge is 0.328 e. The highest BCUT2D eigenvalue weighted by Gasteiger charge is 2.19. The van der Waals surface area contributed by atoms with Crippen LogP contribution in [0.1, 0.15) is 0 Å². The summed E-state index contributed by atoms with van der Waals surface area (Å²) in [7, 11) is 2.04. The fourth-order valence-corrected chi connectivity index (χ4v) is 1.78. The van der Waals surface area contributed by atoms with Crippen molar-refractivity contribution >= 4 is 11.5 Å². The van der Waals surface area contributed by atoms with Crippen molar-refractivity contribution in [1.82, 2.24) is 9.88 Å². The Bertz CT molecular complexity index is 430. The average molecular weight is 238 g/mol. The van der Waals surface area contributed by atoms with E-state index in [2.05, 4.69) is 9.88 Å². The van der Waals surface area contributed by atoms with Crippen LogP contribution in [0.15, 0.2) is 12.3 Å². The normalized spacial score (nSPS) is 17.1. The van der Waals surface area contributed by atoms with Crippen LogP contribution in [-0.4, -0.2) is 53.1 Å². The number of pyridine rings is 1. The van der Waals surface area contributed by atoms with Crippen LogP contribution in [0.3, 0.4) is 0 Å². The zero-order valence-corrected chi connectivity index (χ0v) is 9.54. The monoisotopic (exact) mass is 238 g/mol. The minimum atomic E-state index is -0.643. The van der Waals surface area contributed by atoms with Crippen LogP contribution in [0.25, 0.3) is 0 Å². The maximum absolute atomic E-state index is 10.5. The lowest BCUT2D eigenvalue weighted by molar-refractivity contribution is -0.386. The molecule has 1 aromatic rings. The van der Waals surface area contributed by atoms with E-state index in [0.717, 1.165) is 32.4 Å². The lowest BCUT2D eigenvalue weighted by Crippen LogP contribution is -2.44. The molecule has 0 amide bonds. The maximum Gasteiger partial charge on any atom is 0.328 e. The summed E-state index contributed by atoms with van der Waals surface area (Å²) in [4.78, 5) is 18.1. The van der Waals surface area contributed by atoms with Crippen LogP contribution in [0.5, 0.6) is 5.75 Å².